The van der Waals surface area contributed by atoms with Crippen LogP contribution < -0.4 is 4.90 Å². The first kappa shape index (κ1) is 16.2. The molecule has 0 aromatic carbocycles. The third-order valence-corrected chi connectivity index (χ3v) is 4.62. The lowest BCUT2D eigenvalue weighted by molar-refractivity contribution is 0.0699. The molecule has 0 saturated heterocycles. The molecule has 0 unspecified atom stereocenters. The zero-order valence-corrected chi connectivity index (χ0v) is 14.8. The van der Waals surface area contributed by atoms with Gasteiger partial charge in [0, 0.05) is 37.4 Å². The third kappa shape index (κ3) is 2.13. The van der Waals surface area contributed by atoms with E-state index in [4.69, 9.17) is 0 Å². The van der Waals surface area contributed by atoms with Gasteiger partial charge < -0.3 is 10.0 Å². The smallest absolute Gasteiger partial charge is 0.343 e. The summed E-state index contributed by atoms with van der Waals surface area (Å²) in [6, 6.07) is 0. The summed E-state index contributed by atoms with van der Waals surface area (Å²) in [6.07, 6.45) is 5.10. The monoisotopic (exact) mass is 353 g/mol. The summed E-state index contributed by atoms with van der Waals surface area (Å²) in [6.45, 7) is 7.94. The average molecular weight is 353 g/mol. The van der Waals surface area contributed by atoms with E-state index in [0.717, 1.165) is 21.9 Å². The van der Waals surface area contributed by atoms with E-state index in [1.807, 2.05) is 25.7 Å². The molecule has 0 aliphatic rings. The number of rotatable bonds is 5. The number of fused-ring (bicyclic) bond motifs is 5. The first-order valence-corrected chi connectivity index (χ1v) is 8.60. The normalized spacial score (nSPS) is 11.7. The van der Waals surface area contributed by atoms with Crippen molar-refractivity contribution < 1.29 is 9.90 Å². The highest BCUT2D eigenvalue weighted by atomic mass is 16.4. The average Bonchev–Trinajstić information content (AvgIpc) is 3.23. The van der Waals surface area contributed by atoms with Gasteiger partial charge in [-0.2, -0.15) is 5.10 Å². The number of hydrogen-bond acceptors (Lipinski definition) is 6. The molecule has 4 aromatic rings. The molecule has 0 aliphatic heterocycles. The number of carbonyl (C=O) groups is 1. The van der Waals surface area contributed by atoms with E-state index in [1.165, 1.54) is 0 Å². The van der Waals surface area contributed by atoms with Crippen LogP contribution in [0.5, 0.6) is 0 Å². The lowest BCUT2D eigenvalue weighted by Gasteiger charge is -2.18. The summed E-state index contributed by atoms with van der Waals surface area (Å²) in [5.74, 6) is -0.612. The molecule has 4 rings (SSSR count). The Morgan fingerprint density at radius 2 is 1.81 bits per heavy atom. The van der Waals surface area contributed by atoms with Crippen molar-refractivity contribution in [1.82, 2.24) is 29.4 Å². The van der Waals surface area contributed by atoms with Gasteiger partial charge in [-0.25, -0.2) is 24.0 Å². The van der Waals surface area contributed by atoms with Crippen molar-refractivity contribution in [3.63, 3.8) is 0 Å². The lowest BCUT2D eigenvalue weighted by Crippen LogP contribution is -2.24. The Morgan fingerprint density at radius 1 is 1.12 bits per heavy atom. The van der Waals surface area contributed by atoms with E-state index in [-0.39, 0.29) is 5.56 Å². The number of carboxylic acids is 1. The summed E-state index contributed by atoms with van der Waals surface area (Å²) in [5, 5.41) is 20.4. The molecule has 0 atom stereocenters. The van der Waals surface area contributed by atoms with E-state index in [1.54, 1.807) is 27.8 Å². The molecule has 0 radical (unpaired) electrons. The summed E-state index contributed by atoms with van der Waals surface area (Å²) < 4.78 is 3.41. The van der Waals surface area contributed by atoms with Gasteiger partial charge in [0.15, 0.2) is 17.1 Å². The van der Waals surface area contributed by atoms with Crippen LogP contribution in [0.3, 0.4) is 0 Å². The van der Waals surface area contributed by atoms with Crippen LogP contribution in [0.25, 0.3) is 27.6 Å². The standard InChI is InChI=1S/C17H19N7O2/c1-4-22(5-2)16-12(17(25)26)15-19-8-10-7-18-14-11(9-20-23(14)6-3)13(10)24(15)21-16/h7-9H,4-6H2,1-3H3,(H,25,26). The Kier molecular flexibility index (Phi) is 3.71. The summed E-state index contributed by atoms with van der Waals surface area (Å²) in [4.78, 5) is 22.7. The first-order valence-electron chi connectivity index (χ1n) is 8.60. The number of aromatic carboxylic acids is 1. The first-order chi connectivity index (χ1) is 12.6. The Balaban J connectivity index is 2.17. The predicted octanol–water partition coefficient (Wildman–Crippen LogP) is 2.19. The molecule has 0 fully saturated rings. The molecule has 134 valence electrons. The fraction of sp³-hybridized carbons (Fsp3) is 0.353. The zero-order chi connectivity index (χ0) is 18.4. The lowest BCUT2D eigenvalue weighted by atomic mass is 10.2. The highest BCUT2D eigenvalue weighted by Crippen LogP contribution is 2.29. The van der Waals surface area contributed by atoms with Crippen LogP contribution in [-0.2, 0) is 6.54 Å². The number of carboxylic acid groups (broad SMARTS) is 1. The molecule has 9 heteroatoms. The second-order valence-corrected chi connectivity index (χ2v) is 5.93. The van der Waals surface area contributed by atoms with Crippen molar-refractivity contribution in [2.24, 2.45) is 0 Å². The van der Waals surface area contributed by atoms with Crippen LogP contribution in [0.4, 0.5) is 5.82 Å². The number of hydrogen-bond donors (Lipinski definition) is 1. The van der Waals surface area contributed by atoms with Gasteiger partial charge in [-0.05, 0) is 20.8 Å². The van der Waals surface area contributed by atoms with E-state index in [9.17, 15) is 9.90 Å². The number of pyridine rings is 1. The van der Waals surface area contributed by atoms with Crippen LogP contribution in [0, 0.1) is 0 Å². The summed E-state index contributed by atoms with van der Waals surface area (Å²) in [7, 11) is 0. The molecule has 0 aliphatic carbocycles. The second-order valence-electron chi connectivity index (χ2n) is 5.93. The van der Waals surface area contributed by atoms with Crippen molar-refractivity contribution in [3.05, 3.63) is 24.2 Å². The van der Waals surface area contributed by atoms with E-state index in [0.29, 0.717) is 31.1 Å². The quantitative estimate of drug-likeness (QED) is 0.587. The Hall–Kier alpha value is -3.23. The minimum atomic E-state index is -1.04. The Morgan fingerprint density at radius 3 is 2.42 bits per heavy atom. The molecule has 0 amide bonds. The van der Waals surface area contributed by atoms with E-state index >= 15 is 0 Å². The van der Waals surface area contributed by atoms with Gasteiger partial charge in [-0.15, -0.1) is 5.10 Å². The maximum Gasteiger partial charge on any atom is 0.343 e. The minimum Gasteiger partial charge on any atom is -0.477 e. The minimum absolute atomic E-state index is 0.114. The van der Waals surface area contributed by atoms with Crippen molar-refractivity contribution in [2.75, 3.05) is 18.0 Å². The maximum atomic E-state index is 11.9. The Bertz CT molecular complexity index is 1140. The molecule has 4 heterocycles. The van der Waals surface area contributed by atoms with Crippen LogP contribution in [-0.4, -0.2) is 53.5 Å². The summed E-state index contributed by atoms with van der Waals surface area (Å²) >= 11 is 0. The second kappa shape index (κ2) is 5.94. The molecule has 0 bridgehead atoms. The predicted molar refractivity (Wildman–Crippen MR) is 97.8 cm³/mol. The van der Waals surface area contributed by atoms with Crippen LogP contribution >= 0.6 is 0 Å². The van der Waals surface area contributed by atoms with Crippen LogP contribution in [0.2, 0.25) is 0 Å². The van der Waals surface area contributed by atoms with E-state index in [2.05, 4.69) is 20.2 Å². The molecule has 4 aromatic heterocycles. The number of aryl methyl sites for hydroxylation is 1. The van der Waals surface area contributed by atoms with Crippen molar-refractivity contribution >= 4 is 39.4 Å². The molecule has 1 N–H and O–H groups in total. The largest absolute Gasteiger partial charge is 0.477 e. The molecular formula is C17H19N7O2. The number of nitrogens with zero attached hydrogens (tertiary/aromatic N) is 7. The van der Waals surface area contributed by atoms with Crippen molar-refractivity contribution in [3.8, 4) is 0 Å². The SMILES string of the molecule is CCN(CC)c1nn2c(ncc3cnc4c(cnn4CC)c32)c1C(=O)O. The maximum absolute atomic E-state index is 11.9. The van der Waals surface area contributed by atoms with Crippen molar-refractivity contribution in [2.45, 2.75) is 27.3 Å². The van der Waals surface area contributed by atoms with Gasteiger partial charge in [-0.3, -0.25) is 0 Å². The van der Waals surface area contributed by atoms with E-state index < -0.39 is 5.97 Å². The highest BCUT2D eigenvalue weighted by Gasteiger charge is 2.25. The van der Waals surface area contributed by atoms with Gasteiger partial charge in [-0.1, -0.05) is 0 Å². The molecule has 9 nitrogen and oxygen atoms in total. The third-order valence-electron chi connectivity index (χ3n) is 4.62. The fourth-order valence-electron chi connectivity index (χ4n) is 3.33. The van der Waals surface area contributed by atoms with Gasteiger partial charge in [0.2, 0.25) is 0 Å². The van der Waals surface area contributed by atoms with Gasteiger partial charge in [0.05, 0.1) is 17.1 Å². The molecule has 0 spiro atoms. The van der Waals surface area contributed by atoms with Gasteiger partial charge in [0.1, 0.15) is 5.56 Å². The number of anilines is 1. The van der Waals surface area contributed by atoms with Crippen LogP contribution in [0.1, 0.15) is 31.1 Å². The summed E-state index contributed by atoms with van der Waals surface area (Å²) in [5.41, 5.74) is 1.94. The van der Waals surface area contributed by atoms with Crippen LogP contribution in [0.15, 0.2) is 18.6 Å². The van der Waals surface area contributed by atoms with Gasteiger partial charge >= 0.3 is 5.97 Å². The molecule has 0 saturated carbocycles. The highest BCUT2D eigenvalue weighted by molar-refractivity contribution is 6.06. The molecule has 26 heavy (non-hydrogen) atoms. The topological polar surface area (TPSA) is 101 Å². The van der Waals surface area contributed by atoms with Crippen molar-refractivity contribution in [1.29, 1.82) is 0 Å². The Labute approximate surface area is 148 Å². The zero-order valence-electron chi connectivity index (χ0n) is 14.8. The van der Waals surface area contributed by atoms with Gasteiger partial charge in [0.25, 0.3) is 0 Å². The number of aromatic nitrogens is 6. The molecular weight excluding hydrogens is 334 g/mol. The fourth-order valence-corrected chi connectivity index (χ4v) is 3.33.